The summed E-state index contributed by atoms with van der Waals surface area (Å²) in [4.78, 5) is 33.3. The molecule has 1 saturated heterocycles. The normalized spacial score (nSPS) is 20.8. The Hall–Kier alpha value is -2.36. The molecule has 1 aliphatic heterocycles. The third-order valence-corrected chi connectivity index (χ3v) is 7.85. The number of hydrogen-bond acceptors (Lipinski definition) is 8. The van der Waals surface area contributed by atoms with Crippen LogP contribution in [0.1, 0.15) is 37.7 Å². The Morgan fingerprint density at radius 1 is 1.08 bits per heavy atom. The number of piperazine rings is 1. The van der Waals surface area contributed by atoms with Crippen molar-refractivity contribution in [3.8, 4) is 0 Å². The average molecular weight is 536 g/mol. The molecule has 1 amide bonds. The first-order chi connectivity index (χ1) is 17.3. The number of halogens is 2. The van der Waals surface area contributed by atoms with E-state index in [1.807, 2.05) is 13.1 Å². The molecule has 1 saturated carbocycles. The summed E-state index contributed by atoms with van der Waals surface area (Å²) >= 11 is 12.2. The van der Waals surface area contributed by atoms with Crippen LogP contribution in [0, 0.1) is 5.92 Å². The van der Waals surface area contributed by atoms with Crippen molar-refractivity contribution in [2.24, 2.45) is 5.92 Å². The van der Waals surface area contributed by atoms with Gasteiger partial charge in [0.1, 0.15) is 0 Å². The summed E-state index contributed by atoms with van der Waals surface area (Å²) in [6.45, 7) is 4.22. The lowest BCUT2D eigenvalue weighted by Gasteiger charge is -2.36. The number of carbonyl (C=O) groups excluding carboxylic acids is 1. The van der Waals surface area contributed by atoms with Crippen molar-refractivity contribution < 1.29 is 4.79 Å². The van der Waals surface area contributed by atoms with Gasteiger partial charge in [0, 0.05) is 69.3 Å². The Bertz CT molecular complexity index is 1040. The number of benzene rings is 1. The lowest BCUT2D eigenvalue weighted by Crippen LogP contribution is -2.45. The molecule has 1 aromatic carbocycles. The van der Waals surface area contributed by atoms with Crippen LogP contribution in [0.25, 0.3) is 0 Å². The van der Waals surface area contributed by atoms with E-state index in [1.165, 1.54) is 0 Å². The molecule has 36 heavy (non-hydrogen) atoms. The molecule has 0 bridgehead atoms. The highest BCUT2D eigenvalue weighted by Gasteiger charge is 2.28. The van der Waals surface area contributed by atoms with Gasteiger partial charge in [-0.3, -0.25) is 4.79 Å². The molecule has 11 heteroatoms. The van der Waals surface area contributed by atoms with Crippen LogP contribution in [0.15, 0.2) is 18.2 Å². The quantitative estimate of drug-likeness (QED) is 0.530. The van der Waals surface area contributed by atoms with Crippen LogP contribution in [0.3, 0.4) is 0 Å². The first-order valence-electron chi connectivity index (χ1n) is 12.6. The van der Waals surface area contributed by atoms with Gasteiger partial charge in [0.2, 0.25) is 23.8 Å². The fraction of sp³-hybridized carbons (Fsp3) is 0.600. The zero-order valence-corrected chi connectivity index (χ0v) is 22.8. The molecule has 0 atom stereocenters. The fourth-order valence-corrected chi connectivity index (χ4v) is 5.34. The molecular weight excluding hydrogens is 499 g/mol. The van der Waals surface area contributed by atoms with Crippen LogP contribution in [0.5, 0.6) is 0 Å². The Labute approximate surface area is 223 Å². The number of carbonyl (C=O) groups is 1. The molecule has 0 radical (unpaired) electrons. The van der Waals surface area contributed by atoms with Crippen LogP contribution in [-0.4, -0.2) is 79.1 Å². The molecule has 0 spiro atoms. The molecule has 2 fully saturated rings. The molecule has 0 unspecified atom stereocenters. The summed E-state index contributed by atoms with van der Waals surface area (Å²) in [5, 5.41) is 7.25. The molecule has 2 aromatic rings. The van der Waals surface area contributed by atoms with E-state index in [-0.39, 0.29) is 5.91 Å². The minimum Gasteiger partial charge on any atom is -0.357 e. The van der Waals surface area contributed by atoms with Crippen LogP contribution < -0.4 is 20.4 Å². The summed E-state index contributed by atoms with van der Waals surface area (Å²) in [6.07, 6.45) is 4.54. The number of amides is 1. The minimum absolute atomic E-state index is 0.0609. The van der Waals surface area contributed by atoms with Crippen molar-refractivity contribution in [2.75, 3.05) is 62.4 Å². The summed E-state index contributed by atoms with van der Waals surface area (Å²) in [6, 6.07) is 5.67. The molecule has 9 nitrogen and oxygen atoms in total. The van der Waals surface area contributed by atoms with Crippen LogP contribution in [0.2, 0.25) is 10.0 Å². The number of hydrogen-bond donors (Lipinski definition) is 2. The first-order valence-corrected chi connectivity index (χ1v) is 13.4. The molecule has 2 heterocycles. The van der Waals surface area contributed by atoms with E-state index in [2.05, 4.69) is 49.4 Å². The maximum atomic E-state index is 12.5. The summed E-state index contributed by atoms with van der Waals surface area (Å²) in [5.74, 6) is 2.46. The lowest BCUT2D eigenvalue weighted by atomic mass is 9.83. The van der Waals surface area contributed by atoms with Gasteiger partial charge in [-0.1, -0.05) is 29.3 Å². The molecule has 4 rings (SSSR count). The van der Waals surface area contributed by atoms with E-state index in [4.69, 9.17) is 28.2 Å². The second-order valence-corrected chi connectivity index (χ2v) is 10.6. The van der Waals surface area contributed by atoms with Crippen molar-refractivity contribution >= 4 is 47.0 Å². The number of nitrogens with one attached hydrogen (secondary N) is 2. The van der Waals surface area contributed by atoms with Gasteiger partial charge in [0.15, 0.2) is 0 Å². The Morgan fingerprint density at radius 2 is 1.81 bits per heavy atom. The van der Waals surface area contributed by atoms with Crippen LogP contribution in [-0.2, 0) is 11.3 Å². The van der Waals surface area contributed by atoms with E-state index in [0.717, 1.165) is 63.4 Å². The number of anilines is 3. The minimum atomic E-state index is 0.0609. The molecular formula is C25H36Cl2N8O. The van der Waals surface area contributed by atoms with Gasteiger partial charge in [0.05, 0.1) is 0 Å². The van der Waals surface area contributed by atoms with Gasteiger partial charge in [-0.25, -0.2) is 0 Å². The van der Waals surface area contributed by atoms with Crippen LogP contribution in [0.4, 0.5) is 17.8 Å². The summed E-state index contributed by atoms with van der Waals surface area (Å²) in [7, 11) is 6.04. The highest BCUT2D eigenvalue weighted by molar-refractivity contribution is 6.35. The number of likely N-dealkylation sites (N-methyl/N-ethyl adjacent to an activating group) is 1. The van der Waals surface area contributed by atoms with Crippen molar-refractivity contribution in [1.82, 2.24) is 25.2 Å². The van der Waals surface area contributed by atoms with Gasteiger partial charge >= 0.3 is 0 Å². The SMILES string of the molecule is CNc1nc(N2CCN(C)CC2)nc(N(C)C2CCC(CC(=O)NCc3ccc(Cl)cc3Cl)CC2)n1. The number of rotatable bonds is 8. The summed E-state index contributed by atoms with van der Waals surface area (Å²) < 4.78 is 0. The van der Waals surface area contributed by atoms with Crippen molar-refractivity contribution in [2.45, 2.75) is 44.7 Å². The first kappa shape index (κ1) is 26.7. The van der Waals surface area contributed by atoms with E-state index in [0.29, 0.717) is 46.9 Å². The topological polar surface area (TPSA) is 89.5 Å². The van der Waals surface area contributed by atoms with Gasteiger partial charge in [0.25, 0.3) is 0 Å². The highest BCUT2D eigenvalue weighted by Crippen LogP contribution is 2.31. The molecule has 1 aliphatic carbocycles. The Kier molecular flexibility index (Phi) is 9.09. The van der Waals surface area contributed by atoms with Crippen molar-refractivity contribution in [3.63, 3.8) is 0 Å². The average Bonchev–Trinajstić information content (AvgIpc) is 2.88. The zero-order chi connectivity index (χ0) is 25.7. The van der Waals surface area contributed by atoms with Gasteiger partial charge < -0.3 is 25.3 Å². The standard InChI is InChI=1S/C25H36Cl2N8O/c1-28-23-30-24(32-25(31-23)35-12-10-33(2)11-13-35)34(3)20-8-4-17(5-9-20)14-22(36)29-16-18-6-7-19(26)15-21(18)27/h6-7,15,17,20H,4-5,8-14,16H2,1-3H3,(H,29,36)(H,28,30,31,32). The largest absolute Gasteiger partial charge is 0.357 e. The highest BCUT2D eigenvalue weighted by atomic mass is 35.5. The predicted molar refractivity (Wildman–Crippen MR) is 146 cm³/mol. The van der Waals surface area contributed by atoms with E-state index in [9.17, 15) is 4.79 Å². The third kappa shape index (κ3) is 6.89. The maximum absolute atomic E-state index is 12.5. The van der Waals surface area contributed by atoms with Gasteiger partial charge in [-0.2, -0.15) is 15.0 Å². The van der Waals surface area contributed by atoms with E-state index >= 15 is 0 Å². The number of nitrogens with zero attached hydrogens (tertiary/aromatic N) is 6. The fourth-order valence-electron chi connectivity index (χ4n) is 4.86. The van der Waals surface area contributed by atoms with Crippen molar-refractivity contribution in [3.05, 3.63) is 33.8 Å². The molecule has 1 aromatic heterocycles. The smallest absolute Gasteiger partial charge is 0.232 e. The third-order valence-electron chi connectivity index (χ3n) is 7.27. The Morgan fingerprint density at radius 3 is 2.47 bits per heavy atom. The van der Waals surface area contributed by atoms with Crippen molar-refractivity contribution in [1.29, 1.82) is 0 Å². The molecule has 196 valence electrons. The van der Waals surface area contributed by atoms with Crippen LogP contribution >= 0.6 is 23.2 Å². The maximum Gasteiger partial charge on any atom is 0.232 e. The summed E-state index contributed by atoms with van der Waals surface area (Å²) in [5.41, 5.74) is 0.869. The van der Waals surface area contributed by atoms with Gasteiger partial charge in [-0.05, 0) is 56.3 Å². The molecule has 2 aliphatic rings. The zero-order valence-electron chi connectivity index (χ0n) is 21.3. The van der Waals surface area contributed by atoms with E-state index in [1.54, 1.807) is 12.1 Å². The van der Waals surface area contributed by atoms with Gasteiger partial charge in [-0.15, -0.1) is 0 Å². The Balaban J connectivity index is 1.29. The predicted octanol–water partition coefficient (Wildman–Crippen LogP) is 3.67. The molecule has 2 N–H and O–H groups in total. The monoisotopic (exact) mass is 534 g/mol. The van der Waals surface area contributed by atoms with E-state index < -0.39 is 0 Å². The second-order valence-electron chi connectivity index (χ2n) is 9.80. The second kappa shape index (κ2) is 12.3. The lowest BCUT2D eigenvalue weighted by molar-refractivity contribution is -0.122. The number of aromatic nitrogens is 3.